The van der Waals surface area contributed by atoms with E-state index in [9.17, 15) is 14.4 Å². The second-order valence-corrected chi connectivity index (χ2v) is 5.47. The van der Waals surface area contributed by atoms with Crippen LogP contribution in [0.5, 0.6) is 11.5 Å². The molecule has 2 rings (SSSR count). The number of carbonyl (C=O) groups excluding carboxylic acids is 2. The zero-order valence-electron chi connectivity index (χ0n) is 15.0. The van der Waals surface area contributed by atoms with E-state index >= 15 is 0 Å². The van der Waals surface area contributed by atoms with E-state index in [1.807, 2.05) is 0 Å². The number of hydrogen-bond acceptors (Lipinski definition) is 6. The molecule has 1 heterocycles. The third-order valence-electron chi connectivity index (χ3n) is 3.69. The lowest BCUT2D eigenvalue weighted by Gasteiger charge is -2.14. The molecular formula is C18H19N3O6. The summed E-state index contributed by atoms with van der Waals surface area (Å²) in [6.07, 6.45) is 2.56. The molecule has 0 saturated carbocycles. The Hall–Kier alpha value is -3.62. The number of methoxy groups -OCH3 is 2. The van der Waals surface area contributed by atoms with Gasteiger partial charge in [0.15, 0.2) is 0 Å². The van der Waals surface area contributed by atoms with Crippen LogP contribution in [0.25, 0.3) is 0 Å². The highest BCUT2D eigenvalue weighted by Gasteiger charge is 2.21. The SMILES string of the molecule is COc1ccc(NC(=O)c2ccncc2C(=O)N[C@@H](C)C(=O)O)c(OC)c1. The van der Waals surface area contributed by atoms with Crippen molar-refractivity contribution in [3.63, 3.8) is 0 Å². The highest BCUT2D eigenvalue weighted by molar-refractivity contribution is 6.12. The molecule has 0 radical (unpaired) electrons. The Labute approximate surface area is 155 Å². The molecule has 142 valence electrons. The van der Waals surface area contributed by atoms with E-state index in [0.717, 1.165) is 0 Å². The molecule has 3 N–H and O–H groups in total. The minimum absolute atomic E-state index is 0.0398. The summed E-state index contributed by atoms with van der Waals surface area (Å²) in [5, 5.41) is 13.9. The molecule has 1 aromatic carbocycles. The summed E-state index contributed by atoms with van der Waals surface area (Å²) in [4.78, 5) is 39.7. The minimum Gasteiger partial charge on any atom is -0.497 e. The molecule has 0 bridgehead atoms. The largest absolute Gasteiger partial charge is 0.497 e. The van der Waals surface area contributed by atoms with Crippen LogP contribution in [0.15, 0.2) is 36.7 Å². The quantitative estimate of drug-likeness (QED) is 0.672. The molecule has 0 unspecified atom stereocenters. The number of nitrogens with zero attached hydrogens (tertiary/aromatic N) is 1. The number of rotatable bonds is 7. The number of nitrogens with one attached hydrogen (secondary N) is 2. The smallest absolute Gasteiger partial charge is 0.325 e. The predicted molar refractivity (Wildman–Crippen MR) is 96.3 cm³/mol. The van der Waals surface area contributed by atoms with Crippen LogP contribution in [-0.4, -0.2) is 48.1 Å². The van der Waals surface area contributed by atoms with Crippen molar-refractivity contribution >= 4 is 23.5 Å². The van der Waals surface area contributed by atoms with Gasteiger partial charge in [-0.15, -0.1) is 0 Å². The van der Waals surface area contributed by atoms with Gasteiger partial charge >= 0.3 is 5.97 Å². The van der Waals surface area contributed by atoms with E-state index in [1.54, 1.807) is 18.2 Å². The number of aliphatic carboxylic acids is 1. The Bertz CT molecular complexity index is 868. The summed E-state index contributed by atoms with van der Waals surface area (Å²) in [5.74, 6) is -1.56. The maximum Gasteiger partial charge on any atom is 0.325 e. The van der Waals surface area contributed by atoms with Gasteiger partial charge in [-0.3, -0.25) is 19.4 Å². The van der Waals surface area contributed by atoms with E-state index in [0.29, 0.717) is 17.2 Å². The summed E-state index contributed by atoms with van der Waals surface area (Å²) in [5.41, 5.74) is 0.374. The van der Waals surface area contributed by atoms with Gasteiger partial charge in [0.25, 0.3) is 11.8 Å². The zero-order chi connectivity index (χ0) is 20.0. The van der Waals surface area contributed by atoms with Gasteiger partial charge in [0.1, 0.15) is 17.5 Å². The molecule has 1 aromatic heterocycles. The third-order valence-corrected chi connectivity index (χ3v) is 3.69. The Kier molecular flexibility index (Phi) is 6.32. The van der Waals surface area contributed by atoms with Crippen LogP contribution < -0.4 is 20.1 Å². The first-order chi connectivity index (χ1) is 12.9. The number of ether oxygens (including phenoxy) is 2. The lowest BCUT2D eigenvalue weighted by atomic mass is 10.1. The Balaban J connectivity index is 2.27. The van der Waals surface area contributed by atoms with E-state index in [-0.39, 0.29) is 11.1 Å². The molecular weight excluding hydrogens is 354 g/mol. The number of benzene rings is 1. The van der Waals surface area contributed by atoms with Crippen molar-refractivity contribution in [2.45, 2.75) is 13.0 Å². The molecule has 0 fully saturated rings. The Morgan fingerprint density at radius 2 is 1.81 bits per heavy atom. The van der Waals surface area contributed by atoms with Crippen LogP contribution in [0.3, 0.4) is 0 Å². The molecule has 9 heteroatoms. The number of carbonyl (C=O) groups is 3. The number of carboxylic acid groups (broad SMARTS) is 1. The Morgan fingerprint density at radius 3 is 2.44 bits per heavy atom. The predicted octanol–water partition coefficient (Wildman–Crippen LogP) is 1.55. The van der Waals surface area contributed by atoms with Crippen LogP contribution in [0.4, 0.5) is 5.69 Å². The maximum absolute atomic E-state index is 12.7. The summed E-state index contributed by atoms with van der Waals surface area (Å²) in [6, 6.07) is 5.10. The van der Waals surface area contributed by atoms with Crippen molar-refractivity contribution in [3.8, 4) is 11.5 Å². The monoisotopic (exact) mass is 373 g/mol. The Morgan fingerprint density at radius 1 is 1.07 bits per heavy atom. The number of carboxylic acids is 1. The maximum atomic E-state index is 12.7. The van der Waals surface area contributed by atoms with E-state index in [1.165, 1.54) is 39.6 Å². The second kappa shape index (κ2) is 8.65. The average Bonchev–Trinajstić information content (AvgIpc) is 2.67. The van der Waals surface area contributed by atoms with E-state index in [2.05, 4.69) is 15.6 Å². The molecule has 0 aliphatic rings. The first kappa shape index (κ1) is 19.7. The van der Waals surface area contributed by atoms with E-state index < -0.39 is 23.8 Å². The topological polar surface area (TPSA) is 127 Å². The van der Waals surface area contributed by atoms with Crippen LogP contribution >= 0.6 is 0 Å². The molecule has 27 heavy (non-hydrogen) atoms. The van der Waals surface area contributed by atoms with Gasteiger partial charge in [-0.05, 0) is 25.1 Å². The van der Waals surface area contributed by atoms with Crippen molar-refractivity contribution in [2.24, 2.45) is 0 Å². The molecule has 9 nitrogen and oxygen atoms in total. The van der Waals surface area contributed by atoms with Gasteiger partial charge in [-0.1, -0.05) is 0 Å². The van der Waals surface area contributed by atoms with E-state index in [4.69, 9.17) is 14.6 Å². The van der Waals surface area contributed by atoms with Crippen LogP contribution in [-0.2, 0) is 4.79 Å². The lowest BCUT2D eigenvalue weighted by molar-refractivity contribution is -0.138. The van der Waals surface area contributed by atoms with Crippen LogP contribution in [0.1, 0.15) is 27.6 Å². The number of anilines is 1. The van der Waals surface area contributed by atoms with Crippen LogP contribution in [0.2, 0.25) is 0 Å². The normalized spacial score (nSPS) is 11.2. The van der Waals surface area contributed by atoms with Gasteiger partial charge in [-0.2, -0.15) is 0 Å². The highest BCUT2D eigenvalue weighted by atomic mass is 16.5. The summed E-state index contributed by atoms with van der Waals surface area (Å²) in [6.45, 7) is 1.32. The van der Waals surface area contributed by atoms with Gasteiger partial charge in [0.2, 0.25) is 0 Å². The van der Waals surface area contributed by atoms with Gasteiger partial charge in [0, 0.05) is 18.5 Å². The fourth-order valence-corrected chi connectivity index (χ4v) is 2.20. The fraction of sp³-hybridized carbons (Fsp3) is 0.222. The summed E-state index contributed by atoms with van der Waals surface area (Å²) in [7, 11) is 2.95. The number of aromatic nitrogens is 1. The molecule has 1 atom stereocenters. The lowest BCUT2D eigenvalue weighted by Crippen LogP contribution is -2.39. The van der Waals surface area contributed by atoms with Gasteiger partial charge < -0.3 is 25.2 Å². The summed E-state index contributed by atoms with van der Waals surface area (Å²) >= 11 is 0. The number of pyridine rings is 1. The molecule has 0 aliphatic carbocycles. The molecule has 2 amide bonds. The number of hydrogen-bond donors (Lipinski definition) is 3. The second-order valence-electron chi connectivity index (χ2n) is 5.47. The van der Waals surface area contributed by atoms with Gasteiger partial charge in [-0.25, -0.2) is 0 Å². The van der Waals surface area contributed by atoms with Crippen LogP contribution in [0, 0.1) is 0 Å². The van der Waals surface area contributed by atoms with Crippen molar-refractivity contribution in [3.05, 3.63) is 47.8 Å². The molecule has 0 spiro atoms. The molecule has 0 saturated heterocycles. The van der Waals surface area contributed by atoms with Crippen molar-refractivity contribution in [2.75, 3.05) is 19.5 Å². The third kappa shape index (κ3) is 4.72. The zero-order valence-corrected chi connectivity index (χ0v) is 15.0. The van der Waals surface area contributed by atoms with Crippen molar-refractivity contribution < 1.29 is 29.0 Å². The standard InChI is InChI=1S/C18H19N3O6/c1-10(18(24)25)20-17(23)13-9-19-7-6-12(13)16(22)21-14-5-4-11(26-2)8-15(14)27-3/h4-10H,1-3H3,(H,20,23)(H,21,22)(H,24,25)/t10-/m0/s1. The first-order valence-corrected chi connectivity index (χ1v) is 7.88. The molecule has 0 aliphatic heterocycles. The van der Waals surface area contributed by atoms with Crippen molar-refractivity contribution in [1.29, 1.82) is 0 Å². The first-order valence-electron chi connectivity index (χ1n) is 7.88. The van der Waals surface area contributed by atoms with Crippen molar-refractivity contribution in [1.82, 2.24) is 10.3 Å². The number of amides is 2. The van der Waals surface area contributed by atoms with Gasteiger partial charge in [0.05, 0.1) is 31.0 Å². The average molecular weight is 373 g/mol. The summed E-state index contributed by atoms with van der Waals surface area (Å²) < 4.78 is 10.3. The minimum atomic E-state index is -1.19. The molecule has 2 aromatic rings. The fourth-order valence-electron chi connectivity index (χ4n) is 2.20. The highest BCUT2D eigenvalue weighted by Crippen LogP contribution is 2.29.